The lowest BCUT2D eigenvalue weighted by Crippen LogP contribution is -2.48. The Morgan fingerprint density at radius 1 is 1.18 bits per heavy atom. The SMILES string of the molecule is Cl.O=C(C1CCCN1)N1CCC(OCc2ccccc2)CC1. The molecule has 2 saturated heterocycles. The molecule has 3 rings (SSSR count). The third-order valence-corrected chi connectivity index (χ3v) is 4.44. The van der Waals surface area contributed by atoms with Crippen molar-refractivity contribution in [3.05, 3.63) is 35.9 Å². The first-order valence-electron chi connectivity index (χ1n) is 8.00. The van der Waals surface area contributed by atoms with E-state index in [0.717, 1.165) is 45.3 Å². The Morgan fingerprint density at radius 3 is 2.55 bits per heavy atom. The molecular weight excluding hydrogens is 300 g/mol. The van der Waals surface area contributed by atoms with E-state index in [1.807, 2.05) is 23.1 Å². The quantitative estimate of drug-likeness (QED) is 0.924. The van der Waals surface area contributed by atoms with Crippen molar-refractivity contribution in [1.82, 2.24) is 10.2 Å². The van der Waals surface area contributed by atoms with Crippen LogP contribution in [0.15, 0.2) is 30.3 Å². The molecule has 2 aliphatic rings. The highest BCUT2D eigenvalue weighted by Crippen LogP contribution is 2.18. The number of nitrogens with one attached hydrogen (secondary N) is 1. The van der Waals surface area contributed by atoms with Gasteiger partial charge in [0, 0.05) is 13.1 Å². The fourth-order valence-electron chi connectivity index (χ4n) is 3.15. The van der Waals surface area contributed by atoms with Crippen LogP contribution in [0.25, 0.3) is 0 Å². The molecule has 1 amide bonds. The Kier molecular flexibility index (Phi) is 6.68. The van der Waals surface area contributed by atoms with Gasteiger partial charge in [-0.05, 0) is 37.8 Å². The Morgan fingerprint density at radius 2 is 1.91 bits per heavy atom. The standard InChI is InChI=1S/C17H24N2O2.ClH/c20-17(16-7-4-10-18-16)19-11-8-15(9-12-19)21-13-14-5-2-1-3-6-14;/h1-3,5-6,15-16,18H,4,7-13H2;1H. The highest BCUT2D eigenvalue weighted by atomic mass is 35.5. The third-order valence-electron chi connectivity index (χ3n) is 4.44. The van der Waals surface area contributed by atoms with E-state index in [1.165, 1.54) is 5.56 Å². The molecule has 0 spiro atoms. The van der Waals surface area contributed by atoms with Gasteiger partial charge in [0.2, 0.25) is 5.91 Å². The van der Waals surface area contributed by atoms with Crippen molar-refractivity contribution in [2.24, 2.45) is 0 Å². The summed E-state index contributed by atoms with van der Waals surface area (Å²) in [6, 6.07) is 10.3. The second-order valence-electron chi connectivity index (χ2n) is 5.97. The van der Waals surface area contributed by atoms with Crippen molar-refractivity contribution in [2.75, 3.05) is 19.6 Å². The van der Waals surface area contributed by atoms with Gasteiger partial charge in [-0.3, -0.25) is 4.79 Å². The number of hydrogen-bond donors (Lipinski definition) is 1. The molecule has 5 heteroatoms. The second kappa shape index (κ2) is 8.51. The summed E-state index contributed by atoms with van der Waals surface area (Å²) in [5.74, 6) is 0.286. The molecule has 2 aliphatic heterocycles. The van der Waals surface area contributed by atoms with E-state index in [9.17, 15) is 4.79 Å². The molecule has 0 aliphatic carbocycles. The molecule has 1 aromatic carbocycles. The van der Waals surface area contributed by atoms with Crippen molar-refractivity contribution >= 4 is 18.3 Å². The van der Waals surface area contributed by atoms with E-state index in [-0.39, 0.29) is 30.5 Å². The van der Waals surface area contributed by atoms with Crippen molar-refractivity contribution in [2.45, 2.75) is 44.4 Å². The largest absolute Gasteiger partial charge is 0.373 e. The van der Waals surface area contributed by atoms with E-state index in [1.54, 1.807) is 0 Å². The van der Waals surface area contributed by atoms with Gasteiger partial charge >= 0.3 is 0 Å². The van der Waals surface area contributed by atoms with E-state index >= 15 is 0 Å². The number of likely N-dealkylation sites (tertiary alicyclic amines) is 1. The Hall–Kier alpha value is -1.10. The summed E-state index contributed by atoms with van der Waals surface area (Å²) in [5, 5.41) is 3.29. The van der Waals surface area contributed by atoms with Crippen molar-refractivity contribution in [3.63, 3.8) is 0 Å². The van der Waals surface area contributed by atoms with Crippen LogP contribution in [0.3, 0.4) is 0 Å². The Labute approximate surface area is 138 Å². The smallest absolute Gasteiger partial charge is 0.239 e. The number of rotatable bonds is 4. The van der Waals surface area contributed by atoms with Gasteiger partial charge in [-0.1, -0.05) is 30.3 Å². The summed E-state index contributed by atoms with van der Waals surface area (Å²) in [4.78, 5) is 14.3. The van der Waals surface area contributed by atoms with Crippen LogP contribution >= 0.6 is 12.4 Å². The van der Waals surface area contributed by atoms with Gasteiger partial charge < -0.3 is 15.0 Å². The molecule has 1 aromatic rings. The molecule has 2 heterocycles. The minimum Gasteiger partial charge on any atom is -0.373 e. The summed E-state index contributed by atoms with van der Waals surface area (Å²) in [5.41, 5.74) is 1.21. The number of ether oxygens (including phenoxy) is 1. The average Bonchev–Trinajstić information content (AvgIpc) is 3.08. The van der Waals surface area contributed by atoms with E-state index < -0.39 is 0 Å². The summed E-state index contributed by atoms with van der Waals surface area (Å²) in [7, 11) is 0. The summed E-state index contributed by atoms with van der Waals surface area (Å²) in [6.45, 7) is 3.31. The molecule has 1 N–H and O–H groups in total. The topological polar surface area (TPSA) is 41.6 Å². The molecule has 1 unspecified atom stereocenters. The van der Waals surface area contributed by atoms with Crippen LogP contribution in [0.2, 0.25) is 0 Å². The van der Waals surface area contributed by atoms with Gasteiger partial charge in [0.1, 0.15) is 0 Å². The maximum Gasteiger partial charge on any atom is 0.239 e. The average molecular weight is 325 g/mol. The van der Waals surface area contributed by atoms with Gasteiger partial charge in [-0.2, -0.15) is 0 Å². The first-order chi connectivity index (χ1) is 10.3. The molecule has 0 radical (unpaired) electrons. The van der Waals surface area contributed by atoms with Crippen LogP contribution in [0.1, 0.15) is 31.2 Å². The Balaban J connectivity index is 0.00000176. The zero-order chi connectivity index (χ0) is 14.5. The monoisotopic (exact) mass is 324 g/mol. The van der Waals surface area contributed by atoms with Gasteiger partial charge in [-0.25, -0.2) is 0 Å². The van der Waals surface area contributed by atoms with Crippen molar-refractivity contribution in [3.8, 4) is 0 Å². The molecule has 0 aromatic heterocycles. The number of hydrogen-bond acceptors (Lipinski definition) is 3. The lowest BCUT2D eigenvalue weighted by molar-refractivity contribution is -0.135. The lowest BCUT2D eigenvalue weighted by atomic mass is 10.1. The van der Waals surface area contributed by atoms with Crippen LogP contribution in [-0.2, 0) is 16.1 Å². The normalized spacial score (nSPS) is 22.4. The molecule has 22 heavy (non-hydrogen) atoms. The minimum absolute atomic E-state index is 0. The Bertz CT molecular complexity index is 455. The third kappa shape index (κ3) is 4.45. The summed E-state index contributed by atoms with van der Waals surface area (Å²) >= 11 is 0. The molecule has 0 bridgehead atoms. The molecule has 2 fully saturated rings. The maximum atomic E-state index is 12.3. The number of halogens is 1. The molecule has 1 atom stereocenters. The number of piperidine rings is 1. The highest BCUT2D eigenvalue weighted by Gasteiger charge is 2.29. The zero-order valence-corrected chi connectivity index (χ0v) is 13.7. The molecule has 0 saturated carbocycles. The van der Waals surface area contributed by atoms with Crippen LogP contribution in [0.5, 0.6) is 0 Å². The van der Waals surface area contributed by atoms with Crippen molar-refractivity contribution in [1.29, 1.82) is 0 Å². The van der Waals surface area contributed by atoms with Gasteiger partial charge in [-0.15, -0.1) is 12.4 Å². The fourth-order valence-corrected chi connectivity index (χ4v) is 3.15. The van der Waals surface area contributed by atoms with Gasteiger partial charge in [0.25, 0.3) is 0 Å². The van der Waals surface area contributed by atoms with Crippen LogP contribution < -0.4 is 5.32 Å². The molecule has 122 valence electrons. The zero-order valence-electron chi connectivity index (χ0n) is 12.9. The number of carbonyl (C=O) groups is 1. The number of carbonyl (C=O) groups excluding carboxylic acids is 1. The van der Waals surface area contributed by atoms with E-state index in [0.29, 0.717) is 6.61 Å². The molecular formula is C17H25ClN2O2. The predicted molar refractivity (Wildman–Crippen MR) is 89.1 cm³/mol. The number of amides is 1. The first-order valence-corrected chi connectivity index (χ1v) is 8.00. The maximum absolute atomic E-state index is 12.3. The van der Waals surface area contributed by atoms with Crippen LogP contribution in [0, 0.1) is 0 Å². The van der Waals surface area contributed by atoms with Crippen LogP contribution in [0.4, 0.5) is 0 Å². The summed E-state index contributed by atoms with van der Waals surface area (Å²) in [6.07, 6.45) is 4.29. The summed E-state index contributed by atoms with van der Waals surface area (Å²) < 4.78 is 5.97. The fraction of sp³-hybridized carbons (Fsp3) is 0.588. The van der Waals surface area contributed by atoms with E-state index in [2.05, 4.69) is 17.4 Å². The number of nitrogens with zero attached hydrogens (tertiary/aromatic N) is 1. The second-order valence-corrected chi connectivity index (χ2v) is 5.97. The minimum atomic E-state index is 0. The number of benzene rings is 1. The van der Waals surface area contributed by atoms with Gasteiger partial charge in [0.15, 0.2) is 0 Å². The van der Waals surface area contributed by atoms with E-state index in [4.69, 9.17) is 4.74 Å². The van der Waals surface area contributed by atoms with Gasteiger partial charge in [0.05, 0.1) is 18.8 Å². The first kappa shape index (κ1) is 17.3. The highest BCUT2D eigenvalue weighted by molar-refractivity contribution is 5.85. The predicted octanol–water partition coefficient (Wildman–Crippen LogP) is 2.37. The van der Waals surface area contributed by atoms with Crippen LogP contribution in [-0.4, -0.2) is 42.6 Å². The molecule has 4 nitrogen and oxygen atoms in total. The lowest BCUT2D eigenvalue weighted by Gasteiger charge is -2.33. The van der Waals surface area contributed by atoms with Crippen molar-refractivity contribution < 1.29 is 9.53 Å².